The predicted molar refractivity (Wildman–Crippen MR) is 88.6 cm³/mol. The highest BCUT2D eigenvalue weighted by Gasteiger charge is 2.36. The second-order valence-electron chi connectivity index (χ2n) is 6.53. The van der Waals surface area contributed by atoms with Gasteiger partial charge in [-0.3, -0.25) is 4.79 Å². The van der Waals surface area contributed by atoms with E-state index in [9.17, 15) is 9.90 Å². The van der Waals surface area contributed by atoms with Gasteiger partial charge < -0.3 is 14.4 Å². The van der Waals surface area contributed by atoms with E-state index in [-0.39, 0.29) is 11.9 Å². The van der Waals surface area contributed by atoms with Gasteiger partial charge in [0.1, 0.15) is 5.76 Å². The molecule has 2 aliphatic rings. The summed E-state index contributed by atoms with van der Waals surface area (Å²) in [5, 5.41) is 12.4. The molecule has 0 aromatic carbocycles. The second kappa shape index (κ2) is 6.13. The number of carbonyl (C=O) groups is 1. The Morgan fingerprint density at radius 3 is 3.00 bits per heavy atom. The van der Waals surface area contributed by atoms with Crippen molar-refractivity contribution >= 4 is 17.2 Å². The first-order valence-corrected chi connectivity index (χ1v) is 9.22. The summed E-state index contributed by atoms with van der Waals surface area (Å²) in [7, 11) is 0. The minimum absolute atomic E-state index is 0.0709. The van der Waals surface area contributed by atoms with E-state index in [2.05, 4.69) is 0 Å². The molecule has 0 unspecified atom stereocenters. The standard InChI is InChI=1S/C18H21NO3S/c20-15(16-4-2-10-23-16)11-13-3-1-8-19(13)18(21)14-7-9-22-17(14)12-5-6-12/h2,4,7,9-10,12-13,15,20H,1,3,5-6,8,11H2/t13-,15+/m1/s1. The van der Waals surface area contributed by atoms with Crippen LogP contribution >= 0.6 is 11.3 Å². The minimum atomic E-state index is -0.486. The number of carbonyl (C=O) groups excluding carboxylic acids is 1. The fourth-order valence-electron chi connectivity index (χ4n) is 3.52. The van der Waals surface area contributed by atoms with Gasteiger partial charge in [-0.25, -0.2) is 0 Å². The van der Waals surface area contributed by atoms with Gasteiger partial charge in [0, 0.05) is 23.4 Å². The summed E-state index contributed by atoms with van der Waals surface area (Å²) in [5.41, 5.74) is 0.727. The van der Waals surface area contributed by atoms with Crippen molar-refractivity contribution in [3.8, 4) is 0 Å². The number of hydrogen-bond acceptors (Lipinski definition) is 4. The molecule has 23 heavy (non-hydrogen) atoms. The Morgan fingerprint density at radius 2 is 2.26 bits per heavy atom. The number of rotatable bonds is 5. The Balaban J connectivity index is 1.48. The average Bonchev–Trinajstić information content (AvgIpc) is 3.03. The van der Waals surface area contributed by atoms with E-state index in [0.29, 0.717) is 12.3 Å². The number of likely N-dealkylation sites (tertiary alicyclic amines) is 1. The third-order valence-corrected chi connectivity index (χ3v) is 5.85. The largest absolute Gasteiger partial charge is 0.468 e. The summed E-state index contributed by atoms with van der Waals surface area (Å²) in [5.74, 6) is 1.36. The molecular weight excluding hydrogens is 310 g/mol. The van der Waals surface area contributed by atoms with Crippen LogP contribution in [0.2, 0.25) is 0 Å². The molecule has 1 amide bonds. The zero-order valence-electron chi connectivity index (χ0n) is 13.0. The fourth-order valence-corrected chi connectivity index (χ4v) is 4.24. The fraction of sp³-hybridized carbons (Fsp3) is 0.500. The molecule has 1 N–H and O–H groups in total. The highest BCUT2D eigenvalue weighted by Crippen LogP contribution is 2.42. The lowest BCUT2D eigenvalue weighted by Crippen LogP contribution is -2.36. The van der Waals surface area contributed by atoms with E-state index in [4.69, 9.17) is 4.42 Å². The number of amides is 1. The van der Waals surface area contributed by atoms with Gasteiger partial charge in [-0.1, -0.05) is 6.07 Å². The Morgan fingerprint density at radius 1 is 1.39 bits per heavy atom. The Kier molecular flexibility index (Phi) is 3.99. The van der Waals surface area contributed by atoms with Crippen LogP contribution in [-0.4, -0.2) is 28.5 Å². The van der Waals surface area contributed by atoms with E-state index >= 15 is 0 Å². The Labute approximate surface area is 139 Å². The van der Waals surface area contributed by atoms with Crippen molar-refractivity contribution in [2.24, 2.45) is 0 Å². The smallest absolute Gasteiger partial charge is 0.257 e. The molecule has 0 bridgehead atoms. The molecular formula is C18H21NO3S. The third-order valence-electron chi connectivity index (χ3n) is 4.88. The molecule has 0 radical (unpaired) electrons. The van der Waals surface area contributed by atoms with Gasteiger partial charge in [-0.05, 0) is 49.6 Å². The van der Waals surface area contributed by atoms with Gasteiger partial charge in [-0.15, -0.1) is 11.3 Å². The van der Waals surface area contributed by atoms with Crippen LogP contribution in [0, 0.1) is 0 Å². The molecule has 4 nitrogen and oxygen atoms in total. The van der Waals surface area contributed by atoms with E-state index in [1.807, 2.05) is 22.4 Å². The number of thiophene rings is 1. The summed E-state index contributed by atoms with van der Waals surface area (Å²) in [4.78, 5) is 15.8. The monoisotopic (exact) mass is 331 g/mol. The molecule has 2 atom stereocenters. The molecule has 1 aliphatic carbocycles. The maximum absolute atomic E-state index is 12.9. The summed E-state index contributed by atoms with van der Waals surface area (Å²) < 4.78 is 5.55. The molecule has 3 heterocycles. The van der Waals surface area contributed by atoms with Crippen molar-refractivity contribution < 1.29 is 14.3 Å². The molecule has 2 aromatic heterocycles. The molecule has 2 fully saturated rings. The van der Waals surface area contributed by atoms with Crippen LogP contribution in [0.3, 0.4) is 0 Å². The number of aliphatic hydroxyl groups excluding tert-OH is 1. The van der Waals surface area contributed by atoms with Crippen LogP contribution in [0.5, 0.6) is 0 Å². The molecule has 5 heteroatoms. The molecule has 1 saturated heterocycles. The number of furan rings is 1. The second-order valence-corrected chi connectivity index (χ2v) is 7.51. The van der Waals surface area contributed by atoms with Crippen molar-refractivity contribution in [1.29, 1.82) is 0 Å². The maximum Gasteiger partial charge on any atom is 0.257 e. The minimum Gasteiger partial charge on any atom is -0.468 e. The lowest BCUT2D eigenvalue weighted by molar-refractivity contribution is 0.0668. The zero-order chi connectivity index (χ0) is 15.8. The van der Waals surface area contributed by atoms with Gasteiger partial charge in [0.25, 0.3) is 5.91 Å². The van der Waals surface area contributed by atoms with Crippen molar-refractivity contribution in [3.63, 3.8) is 0 Å². The van der Waals surface area contributed by atoms with Crippen LogP contribution in [0.4, 0.5) is 0 Å². The van der Waals surface area contributed by atoms with Gasteiger partial charge in [0.15, 0.2) is 0 Å². The molecule has 1 aliphatic heterocycles. The lowest BCUT2D eigenvalue weighted by atomic mass is 10.0. The first-order valence-electron chi connectivity index (χ1n) is 8.34. The number of aliphatic hydroxyl groups is 1. The molecule has 1 saturated carbocycles. The predicted octanol–water partition coefficient (Wildman–Crippen LogP) is 3.95. The van der Waals surface area contributed by atoms with Crippen LogP contribution in [0.1, 0.15) is 65.1 Å². The van der Waals surface area contributed by atoms with Crippen LogP contribution in [0.25, 0.3) is 0 Å². The van der Waals surface area contributed by atoms with Crippen molar-refractivity contribution in [2.75, 3.05) is 6.54 Å². The van der Waals surface area contributed by atoms with Crippen LogP contribution < -0.4 is 0 Å². The lowest BCUT2D eigenvalue weighted by Gasteiger charge is -2.26. The quantitative estimate of drug-likeness (QED) is 0.902. The van der Waals surface area contributed by atoms with Crippen LogP contribution in [0.15, 0.2) is 34.3 Å². The molecule has 2 aromatic rings. The van der Waals surface area contributed by atoms with Crippen LogP contribution in [-0.2, 0) is 0 Å². The first-order chi connectivity index (χ1) is 11.2. The highest BCUT2D eigenvalue weighted by molar-refractivity contribution is 7.10. The van der Waals surface area contributed by atoms with E-state index in [1.54, 1.807) is 23.7 Å². The average molecular weight is 331 g/mol. The molecule has 4 rings (SSSR count). The van der Waals surface area contributed by atoms with Gasteiger partial charge in [0.2, 0.25) is 0 Å². The number of nitrogens with zero attached hydrogens (tertiary/aromatic N) is 1. The molecule has 0 spiro atoms. The zero-order valence-corrected chi connectivity index (χ0v) is 13.8. The summed E-state index contributed by atoms with van der Waals surface area (Å²) in [6, 6.07) is 5.83. The number of hydrogen-bond donors (Lipinski definition) is 1. The van der Waals surface area contributed by atoms with Crippen molar-refractivity contribution in [2.45, 2.75) is 50.2 Å². The van der Waals surface area contributed by atoms with E-state index < -0.39 is 6.10 Å². The summed E-state index contributed by atoms with van der Waals surface area (Å²) in [6.07, 6.45) is 5.97. The first kappa shape index (κ1) is 15.0. The van der Waals surface area contributed by atoms with Gasteiger partial charge in [0.05, 0.1) is 17.9 Å². The van der Waals surface area contributed by atoms with Gasteiger partial charge in [-0.2, -0.15) is 0 Å². The summed E-state index contributed by atoms with van der Waals surface area (Å²) >= 11 is 1.57. The summed E-state index contributed by atoms with van der Waals surface area (Å²) in [6.45, 7) is 0.774. The molecule has 122 valence electrons. The van der Waals surface area contributed by atoms with E-state index in [1.165, 1.54) is 0 Å². The Bertz CT molecular complexity index is 674. The SMILES string of the molecule is O=C(c1ccoc1C1CC1)N1CCC[C@@H]1C[C@H](O)c1cccs1. The van der Waals surface area contributed by atoms with Crippen molar-refractivity contribution in [3.05, 3.63) is 46.0 Å². The van der Waals surface area contributed by atoms with Gasteiger partial charge >= 0.3 is 0 Å². The van der Waals surface area contributed by atoms with E-state index in [0.717, 1.165) is 48.4 Å². The topological polar surface area (TPSA) is 53.7 Å². The maximum atomic E-state index is 12.9. The normalized spacial score (nSPS) is 22.5. The Hall–Kier alpha value is -1.59. The third kappa shape index (κ3) is 2.95. The van der Waals surface area contributed by atoms with Crippen molar-refractivity contribution in [1.82, 2.24) is 4.90 Å². The highest BCUT2D eigenvalue weighted by atomic mass is 32.1.